The number of halogens is 1. The van der Waals surface area contributed by atoms with E-state index in [9.17, 15) is 4.79 Å². The van der Waals surface area contributed by atoms with Gasteiger partial charge in [-0.2, -0.15) is 0 Å². The summed E-state index contributed by atoms with van der Waals surface area (Å²) in [6.07, 6.45) is 0. The molecule has 0 saturated heterocycles. The number of benzene rings is 2. The topological polar surface area (TPSA) is 17.1 Å². The molecule has 0 radical (unpaired) electrons. The van der Waals surface area contributed by atoms with E-state index >= 15 is 0 Å². The van der Waals surface area contributed by atoms with E-state index in [1.165, 1.54) is 11.8 Å². The quantitative estimate of drug-likeness (QED) is 0.750. The molecule has 2 aromatic carbocycles. The molecule has 1 unspecified atom stereocenters. The molecule has 18 heavy (non-hydrogen) atoms. The molecule has 1 nitrogen and oxygen atoms in total. The highest BCUT2D eigenvalue weighted by molar-refractivity contribution is 9.10. The molecule has 0 aliphatic heterocycles. The second-order valence-corrected chi connectivity index (χ2v) is 6.00. The van der Waals surface area contributed by atoms with Crippen molar-refractivity contribution in [2.75, 3.05) is 0 Å². The summed E-state index contributed by atoms with van der Waals surface area (Å²) in [6.45, 7) is 1.95. The molecule has 0 aliphatic carbocycles. The fourth-order valence-electron chi connectivity index (χ4n) is 1.58. The normalized spacial score (nSPS) is 12.1. The predicted octanol–water partition coefficient (Wildman–Crippen LogP) is 4.87. The third-order valence-electron chi connectivity index (χ3n) is 2.69. The van der Waals surface area contributed by atoms with E-state index in [0.29, 0.717) is 0 Å². The molecule has 0 amide bonds. The summed E-state index contributed by atoms with van der Waals surface area (Å²) in [5.74, 6) is -0.0835. The van der Waals surface area contributed by atoms with Crippen LogP contribution in [0.4, 0.5) is 0 Å². The lowest BCUT2D eigenvalue weighted by Crippen LogP contribution is -2.04. The number of rotatable bonds is 3. The van der Waals surface area contributed by atoms with Gasteiger partial charge in [-0.15, -0.1) is 0 Å². The Morgan fingerprint density at radius 2 is 1.67 bits per heavy atom. The number of hydrogen-bond acceptors (Lipinski definition) is 2. The molecule has 2 rings (SSSR count). The van der Waals surface area contributed by atoms with Crippen molar-refractivity contribution in [3.63, 3.8) is 0 Å². The molecular formula is C15H13BrOS. The SMILES string of the molecule is CC(C(=O)Sc1ccc(Br)cc1)c1ccccc1. The summed E-state index contributed by atoms with van der Waals surface area (Å²) in [5, 5.41) is 0.170. The maximum Gasteiger partial charge on any atom is 0.200 e. The van der Waals surface area contributed by atoms with Gasteiger partial charge in [0.2, 0.25) is 5.12 Å². The van der Waals surface area contributed by atoms with Crippen molar-refractivity contribution < 1.29 is 4.79 Å². The van der Waals surface area contributed by atoms with Crippen molar-refractivity contribution >= 4 is 32.8 Å². The first-order chi connectivity index (χ1) is 8.66. The third-order valence-corrected chi connectivity index (χ3v) is 4.28. The largest absolute Gasteiger partial charge is 0.286 e. The van der Waals surface area contributed by atoms with Crippen LogP contribution < -0.4 is 0 Å². The van der Waals surface area contributed by atoms with Crippen LogP contribution in [0.1, 0.15) is 18.4 Å². The second kappa shape index (κ2) is 6.21. The summed E-state index contributed by atoms with van der Waals surface area (Å²) < 4.78 is 1.02. The van der Waals surface area contributed by atoms with E-state index in [0.717, 1.165) is 14.9 Å². The van der Waals surface area contributed by atoms with E-state index in [2.05, 4.69) is 15.9 Å². The Hall–Kier alpha value is -1.06. The molecule has 2 aromatic rings. The minimum Gasteiger partial charge on any atom is -0.286 e. The second-order valence-electron chi connectivity index (χ2n) is 4.01. The van der Waals surface area contributed by atoms with Crippen molar-refractivity contribution in [3.8, 4) is 0 Å². The number of hydrogen-bond donors (Lipinski definition) is 0. The Labute approximate surface area is 120 Å². The molecular weight excluding hydrogens is 308 g/mol. The Morgan fingerprint density at radius 1 is 1.06 bits per heavy atom. The van der Waals surface area contributed by atoms with Gasteiger partial charge < -0.3 is 0 Å². The lowest BCUT2D eigenvalue weighted by atomic mass is 10.0. The number of carbonyl (C=O) groups excluding carboxylic acids is 1. The lowest BCUT2D eigenvalue weighted by molar-refractivity contribution is -0.111. The van der Waals surface area contributed by atoms with Gasteiger partial charge in [-0.1, -0.05) is 64.9 Å². The first-order valence-electron chi connectivity index (χ1n) is 5.69. The first-order valence-corrected chi connectivity index (χ1v) is 7.30. The third kappa shape index (κ3) is 3.47. The molecule has 0 aliphatic rings. The minimum absolute atomic E-state index is 0.0835. The van der Waals surface area contributed by atoms with Crippen molar-refractivity contribution in [3.05, 3.63) is 64.6 Å². The van der Waals surface area contributed by atoms with Crippen LogP contribution in [0.25, 0.3) is 0 Å². The summed E-state index contributed by atoms with van der Waals surface area (Å²) in [5.41, 5.74) is 1.06. The summed E-state index contributed by atoms with van der Waals surface area (Å²) in [7, 11) is 0. The summed E-state index contributed by atoms with van der Waals surface area (Å²) in [4.78, 5) is 13.1. The van der Waals surface area contributed by atoms with Gasteiger partial charge in [0.25, 0.3) is 0 Å². The zero-order valence-corrected chi connectivity index (χ0v) is 12.4. The van der Waals surface area contributed by atoms with Crippen molar-refractivity contribution in [1.82, 2.24) is 0 Å². The maximum atomic E-state index is 12.1. The van der Waals surface area contributed by atoms with Gasteiger partial charge >= 0.3 is 0 Å². The Morgan fingerprint density at radius 3 is 2.28 bits per heavy atom. The molecule has 0 heterocycles. The predicted molar refractivity (Wildman–Crippen MR) is 79.9 cm³/mol. The molecule has 0 fully saturated rings. The minimum atomic E-state index is -0.0835. The molecule has 0 aromatic heterocycles. The highest BCUT2D eigenvalue weighted by Crippen LogP contribution is 2.28. The zero-order chi connectivity index (χ0) is 13.0. The molecule has 3 heteroatoms. The molecule has 1 atom stereocenters. The summed E-state index contributed by atoms with van der Waals surface area (Å²) >= 11 is 4.68. The van der Waals surface area contributed by atoms with Crippen LogP contribution in [-0.4, -0.2) is 5.12 Å². The van der Waals surface area contributed by atoms with Gasteiger partial charge in [-0.05, 0) is 29.8 Å². The van der Waals surface area contributed by atoms with Crippen LogP contribution in [0.15, 0.2) is 64.0 Å². The Kier molecular flexibility index (Phi) is 4.61. The van der Waals surface area contributed by atoms with Crippen molar-refractivity contribution in [1.29, 1.82) is 0 Å². The average Bonchev–Trinajstić information content (AvgIpc) is 2.41. The maximum absolute atomic E-state index is 12.1. The van der Waals surface area contributed by atoms with Crippen LogP contribution in [0.2, 0.25) is 0 Å². The Balaban J connectivity index is 2.06. The van der Waals surface area contributed by atoms with E-state index in [1.807, 2.05) is 61.5 Å². The molecule has 92 valence electrons. The van der Waals surface area contributed by atoms with Gasteiger partial charge in [-0.3, -0.25) is 4.79 Å². The van der Waals surface area contributed by atoms with Gasteiger partial charge in [0, 0.05) is 9.37 Å². The van der Waals surface area contributed by atoms with Gasteiger partial charge in [0.1, 0.15) is 0 Å². The zero-order valence-electron chi connectivity index (χ0n) is 9.97. The van der Waals surface area contributed by atoms with Gasteiger partial charge in [0.05, 0.1) is 5.92 Å². The van der Waals surface area contributed by atoms with Crippen LogP contribution in [0.5, 0.6) is 0 Å². The molecule has 0 N–H and O–H groups in total. The monoisotopic (exact) mass is 320 g/mol. The average molecular weight is 321 g/mol. The smallest absolute Gasteiger partial charge is 0.200 e. The molecule has 0 bridgehead atoms. The standard InChI is InChI=1S/C15H13BrOS/c1-11(12-5-3-2-4-6-12)15(17)18-14-9-7-13(16)8-10-14/h2-11H,1H3. The molecule has 0 spiro atoms. The lowest BCUT2D eigenvalue weighted by Gasteiger charge is -2.10. The van der Waals surface area contributed by atoms with Crippen LogP contribution in [-0.2, 0) is 4.79 Å². The molecule has 0 saturated carbocycles. The first kappa shape index (κ1) is 13.4. The fraction of sp³-hybridized carbons (Fsp3) is 0.133. The summed E-state index contributed by atoms with van der Waals surface area (Å²) in [6, 6.07) is 17.7. The highest BCUT2D eigenvalue weighted by Gasteiger charge is 2.16. The number of thioether (sulfide) groups is 1. The van der Waals surface area contributed by atoms with Crippen LogP contribution in [0.3, 0.4) is 0 Å². The van der Waals surface area contributed by atoms with E-state index in [4.69, 9.17) is 0 Å². The van der Waals surface area contributed by atoms with E-state index in [1.54, 1.807) is 0 Å². The fourth-order valence-corrected chi connectivity index (χ4v) is 2.67. The van der Waals surface area contributed by atoms with Crippen molar-refractivity contribution in [2.24, 2.45) is 0 Å². The van der Waals surface area contributed by atoms with Crippen LogP contribution in [0, 0.1) is 0 Å². The van der Waals surface area contributed by atoms with E-state index < -0.39 is 0 Å². The highest BCUT2D eigenvalue weighted by atomic mass is 79.9. The van der Waals surface area contributed by atoms with E-state index in [-0.39, 0.29) is 11.0 Å². The Bertz CT molecular complexity index is 522. The van der Waals surface area contributed by atoms with Crippen LogP contribution >= 0.6 is 27.7 Å². The number of carbonyl (C=O) groups is 1. The van der Waals surface area contributed by atoms with Crippen molar-refractivity contribution in [2.45, 2.75) is 17.7 Å². The van der Waals surface area contributed by atoms with Gasteiger partial charge in [0.15, 0.2) is 0 Å². The van der Waals surface area contributed by atoms with Gasteiger partial charge in [-0.25, -0.2) is 0 Å².